The van der Waals surface area contributed by atoms with E-state index in [1.165, 1.54) is 18.1 Å². The standard InChI is InChI=1S/C21H25BrN6O3S2/c1-33(29)28-6-3-2-4-13(28)5-7-27-20-18(19(23)24-12-25-20)26-21(27)32-17-11-16-15(10-14(17)22)30-8-9-31-16/h10-13H,2-9H2,1H3,(H2,23,24,25). The summed E-state index contributed by atoms with van der Waals surface area (Å²) in [5.74, 6) is 1.80. The van der Waals surface area contributed by atoms with Crippen molar-refractivity contribution in [3.05, 3.63) is 22.9 Å². The highest BCUT2D eigenvalue weighted by atomic mass is 79.9. The second-order valence-electron chi connectivity index (χ2n) is 8.01. The maximum Gasteiger partial charge on any atom is 0.175 e. The molecule has 2 unspecified atom stereocenters. The Balaban J connectivity index is 1.47. The molecule has 1 aromatic carbocycles. The second-order valence-corrected chi connectivity index (χ2v) is 11.2. The first-order valence-electron chi connectivity index (χ1n) is 10.8. The molecule has 4 heterocycles. The number of fused-ring (bicyclic) bond motifs is 2. The molecule has 12 heteroatoms. The van der Waals surface area contributed by atoms with Crippen LogP contribution in [0.15, 0.2) is 33.0 Å². The first-order chi connectivity index (χ1) is 16.0. The predicted molar refractivity (Wildman–Crippen MR) is 132 cm³/mol. The van der Waals surface area contributed by atoms with Crippen LogP contribution in [0.25, 0.3) is 11.2 Å². The molecule has 2 aromatic heterocycles. The Labute approximate surface area is 207 Å². The number of hydrogen-bond acceptors (Lipinski definition) is 8. The van der Waals surface area contributed by atoms with Gasteiger partial charge in [-0.25, -0.2) is 23.5 Å². The van der Waals surface area contributed by atoms with E-state index in [-0.39, 0.29) is 6.04 Å². The average Bonchev–Trinajstić information content (AvgIpc) is 3.16. The van der Waals surface area contributed by atoms with Gasteiger partial charge in [0.25, 0.3) is 0 Å². The van der Waals surface area contributed by atoms with Crippen molar-refractivity contribution in [1.82, 2.24) is 23.8 Å². The zero-order valence-electron chi connectivity index (χ0n) is 18.2. The van der Waals surface area contributed by atoms with Gasteiger partial charge in [-0.15, -0.1) is 0 Å². The van der Waals surface area contributed by atoms with Crippen LogP contribution in [-0.4, -0.2) is 60.1 Å². The molecule has 0 amide bonds. The van der Waals surface area contributed by atoms with Crippen molar-refractivity contribution in [2.75, 3.05) is 31.7 Å². The molecule has 9 nitrogen and oxygen atoms in total. The highest BCUT2D eigenvalue weighted by Crippen LogP contribution is 2.42. The lowest BCUT2D eigenvalue weighted by Crippen LogP contribution is -2.40. The molecule has 2 aliphatic heterocycles. The Morgan fingerprint density at radius 2 is 2.03 bits per heavy atom. The lowest BCUT2D eigenvalue weighted by atomic mass is 10.0. The Hall–Kier alpha value is -1.89. The first-order valence-corrected chi connectivity index (χ1v) is 14.0. The molecule has 3 aromatic rings. The van der Waals surface area contributed by atoms with Gasteiger partial charge in [-0.3, -0.25) is 0 Å². The van der Waals surface area contributed by atoms with Gasteiger partial charge >= 0.3 is 0 Å². The quantitative estimate of drug-likeness (QED) is 0.493. The Morgan fingerprint density at radius 1 is 1.24 bits per heavy atom. The van der Waals surface area contributed by atoms with Gasteiger partial charge in [0.15, 0.2) is 33.6 Å². The lowest BCUT2D eigenvalue weighted by Gasteiger charge is -2.33. The van der Waals surface area contributed by atoms with Crippen LogP contribution in [0.4, 0.5) is 5.82 Å². The molecule has 2 N–H and O–H groups in total. The van der Waals surface area contributed by atoms with E-state index in [1.54, 1.807) is 6.26 Å². The van der Waals surface area contributed by atoms with Gasteiger partial charge in [0, 0.05) is 34.8 Å². The number of halogens is 1. The summed E-state index contributed by atoms with van der Waals surface area (Å²) >= 11 is 5.17. The van der Waals surface area contributed by atoms with Gasteiger partial charge in [-0.2, -0.15) is 0 Å². The summed E-state index contributed by atoms with van der Waals surface area (Å²) in [6.07, 6.45) is 7.37. The van der Waals surface area contributed by atoms with Crippen LogP contribution >= 0.6 is 27.7 Å². The summed E-state index contributed by atoms with van der Waals surface area (Å²) in [5, 5.41) is 0.773. The number of nitrogen functional groups attached to an aromatic ring is 1. The van der Waals surface area contributed by atoms with E-state index in [0.717, 1.165) is 58.3 Å². The van der Waals surface area contributed by atoms with Crippen molar-refractivity contribution < 1.29 is 13.7 Å². The molecule has 0 aliphatic carbocycles. The molecule has 0 radical (unpaired) electrons. The molecule has 1 saturated heterocycles. The minimum atomic E-state index is -0.977. The fraction of sp³-hybridized carbons (Fsp3) is 0.476. The average molecular weight is 554 g/mol. The van der Waals surface area contributed by atoms with Crippen molar-refractivity contribution in [1.29, 1.82) is 0 Å². The number of ether oxygens (including phenoxy) is 2. The van der Waals surface area contributed by atoms with E-state index in [1.807, 2.05) is 12.1 Å². The van der Waals surface area contributed by atoms with Gasteiger partial charge in [0.05, 0.1) is 11.0 Å². The summed E-state index contributed by atoms with van der Waals surface area (Å²) in [6, 6.07) is 4.15. The fourth-order valence-corrected chi connectivity index (χ4v) is 6.84. The largest absolute Gasteiger partial charge is 0.486 e. The third kappa shape index (κ3) is 4.71. The summed E-state index contributed by atoms with van der Waals surface area (Å²) < 4.78 is 28.8. The van der Waals surface area contributed by atoms with Crippen LogP contribution < -0.4 is 15.2 Å². The third-order valence-corrected chi connectivity index (χ3v) is 9.02. The van der Waals surface area contributed by atoms with Crippen LogP contribution in [0.3, 0.4) is 0 Å². The monoisotopic (exact) mass is 552 g/mol. The number of anilines is 1. The van der Waals surface area contributed by atoms with Gasteiger partial charge in [0.2, 0.25) is 0 Å². The number of nitrogens with two attached hydrogens (primary N) is 1. The van der Waals surface area contributed by atoms with Crippen LogP contribution in [0.1, 0.15) is 25.7 Å². The molecule has 2 aliphatic rings. The number of rotatable bonds is 6. The minimum Gasteiger partial charge on any atom is -0.486 e. The zero-order chi connectivity index (χ0) is 22.9. The molecule has 2 atom stereocenters. The van der Waals surface area contributed by atoms with Crippen LogP contribution in [0.5, 0.6) is 11.5 Å². The van der Waals surface area contributed by atoms with Crippen LogP contribution in [0, 0.1) is 0 Å². The van der Waals surface area contributed by atoms with Crippen molar-refractivity contribution in [3.63, 3.8) is 0 Å². The number of imidazole rings is 1. The van der Waals surface area contributed by atoms with Crippen molar-refractivity contribution >= 4 is 55.7 Å². The molecule has 176 valence electrons. The summed E-state index contributed by atoms with van der Waals surface area (Å²) in [6.45, 7) is 2.63. The predicted octanol–water partition coefficient (Wildman–Crippen LogP) is 3.63. The Kier molecular flexibility index (Phi) is 6.77. The minimum absolute atomic E-state index is 0.264. The van der Waals surface area contributed by atoms with Crippen molar-refractivity contribution in [2.45, 2.75) is 48.3 Å². The van der Waals surface area contributed by atoms with E-state index >= 15 is 0 Å². The Morgan fingerprint density at radius 3 is 2.82 bits per heavy atom. The van der Waals surface area contributed by atoms with Crippen molar-refractivity contribution in [3.8, 4) is 11.5 Å². The number of piperidine rings is 1. The maximum absolute atomic E-state index is 12.2. The van der Waals surface area contributed by atoms with Gasteiger partial charge in [-0.05, 0) is 47.3 Å². The number of aryl methyl sites for hydroxylation is 1. The summed E-state index contributed by atoms with van der Waals surface area (Å²) in [5.41, 5.74) is 7.42. The van der Waals surface area contributed by atoms with Gasteiger partial charge < -0.3 is 19.8 Å². The normalized spacial score (nSPS) is 19.6. The molecular weight excluding hydrogens is 528 g/mol. The molecule has 0 spiro atoms. The highest BCUT2D eigenvalue weighted by molar-refractivity contribution is 9.10. The fourth-order valence-electron chi connectivity index (χ4n) is 4.31. The SMILES string of the molecule is CS(=O)N1CCCCC1CCn1c(Sc2cc3c(cc2Br)OCCO3)nc2c(N)ncnc21. The van der Waals surface area contributed by atoms with E-state index in [2.05, 4.69) is 34.8 Å². The van der Waals surface area contributed by atoms with Gasteiger partial charge in [-0.1, -0.05) is 18.2 Å². The molecule has 0 saturated carbocycles. The maximum atomic E-state index is 12.2. The van der Waals surface area contributed by atoms with Crippen molar-refractivity contribution in [2.24, 2.45) is 0 Å². The number of hydrogen-bond donors (Lipinski definition) is 1. The van der Waals surface area contributed by atoms with Gasteiger partial charge in [0.1, 0.15) is 19.5 Å². The van der Waals surface area contributed by atoms with E-state index in [9.17, 15) is 4.21 Å². The van der Waals surface area contributed by atoms with E-state index in [4.69, 9.17) is 20.2 Å². The number of nitrogens with zero attached hydrogens (tertiary/aromatic N) is 5. The topological polar surface area (TPSA) is 108 Å². The van der Waals surface area contributed by atoms with E-state index < -0.39 is 11.0 Å². The molecule has 33 heavy (non-hydrogen) atoms. The lowest BCUT2D eigenvalue weighted by molar-refractivity contribution is 0.171. The Bertz CT molecular complexity index is 1210. The zero-order valence-corrected chi connectivity index (χ0v) is 21.4. The number of benzene rings is 1. The molecular formula is C21H25BrN6O3S2. The van der Waals surface area contributed by atoms with E-state index in [0.29, 0.717) is 36.7 Å². The summed E-state index contributed by atoms with van der Waals surface area (Å²) in [7, 11) is -0.977. The highest BCUT2D eigenvalue weighted by Gasteiger charge is 2.26. The van der Waals surface area contributed by atoms with Crippen LogP contribution in [0.2, 0.25) is 0 Å². The smallest absolute Gasteiger partial charge is 0.175 e. The first kappa shape index (κ1) is 22.9. The van der Waals surface area contributed by atoms with Crippen LogP contribution in [-0.2, 0) is 17.5 Å². The summed E-state index contributed by atoms with van der Waals surface area (Å²) in [4.78, 5) is 14.3. The molecule has 0 bridgehead atoms. The second kappa shape index (κ2) is 9.77. The third-order valence-electron chi connectivity index (χ3n) is 5.91. The molecule has 5 rings (SSSR count). The molecule has 1 fully saturated rings. The number of aromatic nitrogens is 4.